The summed E-state index contributed by atoms with van der Waals surface area (Å²) in [6, 6.07) is 6.50. The zero-order valence-electron chi connectivity index (χ0n) is 8.90. The van der Waals surface area contributed by atoms with E-state index in [1.807, 2.05) is 0 Å². The van der Waals surface area contributed by atoms with Crippen LogP contribution in [-0.4, -0.2) is 16.5 Å². The second kappa shape index (κ2) is 3.69. The summed E-state index contributed by atoms with van der Waals surface area (Å²) in [4.78, 5) is 18.3. The van der Waals surface area contributed by atoms with E-state index in [9.17, 15) is 9.18 Å². The van der Waals surface area contributed by atoms with Gasteiger partial charge >= 0.3 is 0 Å². The number of aromatic amines is 1. The molecule has 1 aromatic carbocycles. The van der Waals surface area contributed by atoms with Crippen LogP contribution in [0.1, 0.15) is 17.0 Å². The molecular weight excluding hydrogens is 221 g/mol. The van der Waals surface area contributed by atoms with E-state index in [1.54, 1.807) is 18.2 Å². The molecule has 0 aliphatic carbocycles. The number of rotatable bonds is 1. The minimum Gasteiger partial charge on any atom is -0.369 e. The minimum atomic E-state index is -0.296. The monoisotopic (exact) mass is 231 g/mol. The maximum Gasteiger partial charge on any atom is 0.256 e. The van der Waals surface area contributed by atoms with Crippen LogP contribution < -0.4 is 10.9 Å². The van der Waals surface area contributed by atoms with Crippen molar-refractivity contribution in [2.75, 3.05) is 11.9 Å². The Bertz CT molecular complexity index is 623. The van der Waals surface area contributed by atoms with Gasteiger partial charge in [0.2, 0.25) is 0 Å². The summed E-state index contributed by atoms with van der Waals surface area (Å²) in [5.41, 5.74) is 0.822. The molecule has 1 aliphatic rings. The molecule has 2 aromatic rings. The average molecular weight is 231 g/mol. The highest BCUT2D eigenvalue weighted by Gasteiger charge is 2.29. The van der Waals surface area contributed by atoms with Crippen molar-refractivity contribution in [3.63, 3.8) is 0 Å². The van der Waals surface area contributed by atoms with Gasteiger partial charge in [-0.25, -0.2) is 9.37 Å². The van der Waals surface area contributed by atoms with Gasteiger partial charge in [0.25, 0.3) is 5.56 Å². The number of hydrogen-bond acceptors (Lipinski definition) is 3. The van der Waals surface area contributed by atoms with Crippen LogP contribution in [0.15, 0.2) is 35.4 Å². The van der Waals surface area contributed by atoms with Crippen LogP contribution in [0.2, 0.25) is 0 Å². The second-order valence-corrected chi connectivity index (χ2v) is 3.95. The number of nitrogens with one attached hydrogen (secondary N) is 2. The number of hydrogen-bond donors (Lipinski definition) is 2. The molecule has 5 heteroatoms. The molecule has 0 amide bonds. The smallest absolute Gasteiger partial charge is 0.256 e. The standard InChI is InChI=1S/C12H10FN3O/c13-9-4-2-1-3-7(9)8-5-14-11-10(8)12(17)16-6-15-11/h1-4,6,8H,5H2,(H2,14,15,16,17). The van der Waals surface area contributed by atoms with E-state index in [4.69, 9.17) is 0 Å². The fourth-order valence-corrected chi connectivity index (χ4v) is 2.20. The van der Waals surface area contributed by atoms with E-state index < -0.39 is 0 Å². The van der Waals surface area contributed by atoms with Crippen LogP contribution in [0.4, 0.5) is 10.2 Å². The second-order valence-electron chi connectivity index (χ2n) is 3.95. The predicted octanol–water partition coefficient (Wildman–Crippen LogP) is 1.47. The molecule has 2 N–H and O–H groups in total. The molecule has 0 saturated heterocycles. The first-order chi connectivity index (χ1) is 8.27. The number of nitrogens with zero attached hydrogens (tertiary/aromatic N) is 1. The van der Waals surface area contributed by atoms with Gasteiger partial charge in [-0.2, -0.15) is 0 Å². The molecule has 86 valence electrons. The highest BCUT2D eigenvalue weighted by atomic mass is 19.1. The molecular formula is C12H10FN3O. The number of fused-ring (bicyclic) bond motifs is 1. The topological polar surface area (TPSA) is 57.8 Å². The van der Waals surface area contributed by atoms with Crippen molar-refractivity contribution in [3.8, 4) is 0 Å². The van der Waals surface area contributed by atoms with Gasteiger partial charge < -0.3 is 10.3 Å². The maximum atomic E-state index is 13.7. The molecule has 0 radical (unpaired) electrons. The van der Waals surface area contributed by atoms with Gasteiger partial charge in [0.15, 0.2) is 0 Å². The van der Waals surface area contributed by atoms with Gasteiger partial charge in [-0.15, -0.1) is 0 Å². The van der Waals surface area contributed by atoms with E-state index in [0.717, 1.165) is 0 Å². The molecule has 1 aliphatic heterocycles. The van der Waals surface area contributed by atoms with Crippen molar-refractivity contribution in [2.45, 2.75) is 5.92 Å². The largest absolute Gasteiger partial charge is 0.369 e. The number of aromatic nitrogens is 2. The normalized spacial score (nSPS) is 17.6. The van der Waals surface area contributed by atoms with E-state index in [1.165, 1.54) is 12.4 Å². The van der Waals surface area contributed by atoms with Gasteiger partial charge in [0, 0.05) is 12.5 Å². The molecule has 0 bridgehead atoms. The molecule has 0 fully saturated rings. The zero-order valence-corrected chi connectivity index (χ0v) is 8.90. The molecule has 17 heavy (non-hydrogen) atoms. The van der Waals surface area contributed by atoms with Crippen LogP contribution in [0.3, 0.4) is 0 Å². The molecule has 0 spiro atoms. The Morgan fingerprint density at radius 3 is 3.00 bits per heavy atom. The Kier molecular flexibility index (Phi) is 2.18. The third-order valence-electron chi connectivity index (χ3n) is 2.99. The first-order valence-electron chi connectivity index (χ1n) is 5.33. The first-order valence-corrected chi connectivity index (χ1v) is 5.33. The summed E-state index contributed by atoms with van der Waals surface area (Å²) in [6.45, 7) is 0.496. The highest BCUT2D eigenvalue weighted by Crippen LogP contribution is 2.32. The highest BCUT2D eigenvalue weighted by molar-refractivity contribution is 5.54. The molecule has 1 atom stereocenters. The predicted molar refractivity (Wildman–Crippen MR) is 61.6 cm³/mol. The molecule has 4 nitrogen and oxygen atoms in total. The van der Waals surface area contributed by atoms with Gasteiger partial charge in [-0.05, 0) is 11.6 Å². The van der Waals surface area contributed by atoms with Gasteiger partial charge in [-0.1, -0.05) is 18.2 Å². The van der Waals surface area contributed by atoms with Crippen molar-refractivity contribution >= 4 is 5.82 Å². The van der Waals surface area contributed by atoms with E-state index in [2.05, 4.69) is 15.3 Å². The minimum absolute atomic E-state index is 0.215. The summed E-state index contributed by atoms with van der Waals surface area (Å²) in [6.07, 6.45) is 1.35. The average Bonchev–Trinajstić information content (AvgIpc) is 2.75. The van der Waals surface area contributed by atoms with Crippen molar-refractivity contribution < 1.29 is 4.39 Å². The van der Waals surface area contributed by atoms with Gasteiger partial charge in [0.05, 0.1) is 11.9 Å². The van der Waals surface area contributed by atoms with E-state index >= 15 is 0 Å². The van der Waals surface area contributed by atoms with Crippen molar-refractivity contribution in [3.05, 3.63) is 57.9 Å². The first kappa shape index (κ1) is 10.0. The Morgan fingerprint density at radius 1 is 1.35 bits per heavy atom. The maximum absolute atomic E-state index is 13.7. The van der Waals surface area contributed by atoms with Gasteiger partial charge in [0.1, 0.15) is 11.6 Å². The molecule has 1 aromatic heterocycles. The molecule has 2 heterocycles. The summed E-state index contributed by atoms with van der Waals surface area (Å²) in [5, 5.41) is 3.02. The summed E-state index contributed by atoms with van der Waals surface area (Å²) in [5.74, 6) is -0.0268. The van der Waals surface area contributed by atoms with Crippen LogP contribution in [0.5, 0.6) is 0 Å². The fourth-order valence-electron chi connectivity index (χ4n) is 2.20. The third kappa shape index (κ3) is 1.51. The van der Waals surface area contributed by atoms with Crippen molar-refractivity contribution in [1.29, 1.82) is 0 Å². The Labute approximate surface area is 96.5 Å². The Morgan fingerprint density at radius 2 is 2.18 bits per heavy atom. The molecule has 3 rings (SSSR count). The van der Waals surface area contributed by atoms with Gasteiger partial charge in [-0.3, -0.25) is 4.79 Å². The lowest BCUT2D eigenvalue weighted by Gasteiger charge is -2.09. The Hall–Kier alpha value is -2.17. The molecule has 0 saturated carbocycles. The van der Waals surface area contributed by atoms with Crippen molar-refractivity contribution in [1.82, 2.24) is 9.97 Å². The third-order valence-corrected chi connectivity index (χ3v) is 2.99. The van der Waals surface area contributed by atoms with E-state index in [-0.39, 0.29) is 17.3 Å². The number of benzene rings is 1. The SMILES string of the molecule is O=c1[nH]cnc2c1C(c1ccccc1F)CN2. The summed E-state index contributed by atoms with van der Waals surface area (Å²) >= 11 is 0. The number of H-pyrrole nitrogens is 1. The summed E-state index contributed by atoms with van der Waals surface area (Å²) < 4.78 is 13.7. The van der Waals surface area contributed by atoms with E-state index in [0.29, 0.717) is 23.5 Å². The fraction of sp³-hybridized carbons (Fsp3) is 0.167. The lowest BCUT2D eigenvalue weighted by atomic mass is 9.94. The number of halogens is 1. The molecule has 1 unspecified atom stereocenters. The van der Waals surface area contributed by atoms with Crippen LogP contribution in [0, 0.1) is 5.82 Å². The van der Waals surface area contributed by atoms with Crippen LogP contribution in [-0.2, 0) is 0 Å². The zero-order chi connectivity index (χ0) is 11.8. The Balaban J connectivity index is 2.17. The van der Waals surface area contributed by atoms with Crippen molar-refractivity contribution in [2.24, 2.45) is 0 Å². The summed E-state index contributed by atoms with van der Waals surface area (Å²) in [7, 11) is 0. The van der Waals surface area contributed by atoms with Crippen LogP contribution >= 0.6 is 0 Å². The lowest BCUT2D eigenvalue weighted by Crippen LogP contribution is -2.16. The number of anilines is 1. The quantitative estimate of drug-likeness (QED) is 0.781. The lowest BCUT2D eigenvalue weighted by molar-refractivity contribution is 0.602. The van der Waals surface area contributed by atoms with Crippen LogP contribution in [0.25, 0.3) is 0 Å².